The SMILES string of the molecule is CN(C)CCCN(C)C(=O)N[C@@H](CCO)C(=O)O. The number of urea groups is 1. The number of carboxylic acid groups (broad SMARTS) is 1. The Morgan fingerprint density at radius 1 is 1.22 bits per heavy atom. The quantitative estimate of drug-likeness (QED) is 0.543. The molecule has 0 radical (unpaired) electrons. The van der Waals surface area contributed by atoms with Crippen molar-refractivity contribution in [3.8, 4) is 0 Å². The molecule has 0 aromatic carbocycles. The van der Waals surface area contributed by atoms with Crippen LogP contribution in [-0.4, -0.2) is 78.9 Å². The molecule has 0 bridgehead atoms. The van der Waals surface area contributed by atoms with Crippen LogP contribution in [0.5, 0.6) is 0 Å². The van der Waals surface area contributed by atoms with E-state index in [1.807, 2.05) is 19.0 Å². The highest BCUT2D eigenvalue weighted by Gasteiger charge is 2.20. The van der Waals surface area contributed by atoms with Gasteiger partial charge in [-0.1, -0.05) is 0 Å². The highest BCUT2D eigenvalue weighted by atomic mass is 16.4. The van der Waals surface area contributed by atoms with E-state index in [9.17, 15) is 9.59 Å². The van der Waals surface area contributed by atoms with Crippen LogP contribution >= 0.6 is 0 Å². The summed E-state index contributed by atoms with van der Waals surface area (Å²) in [6.07, 6.45) is 0.821. The van der Waals surface area contributed by atoms with Gasteiger partial charge in [0.2, 0.25) is 0 Å². The van der Waals surface area contributed by atoms with Crippen LogP contribution in [0.2, 0.25) is 0 Å². The normalized spacial score (nSPS) is 12.3. The monoisotopic (exact) mass is 261 g/mol. The predicted molar refractivity (Wildman–Crippen MR) is 67.5 cm³/mol. The van der Waals surface area contributed by atoms with E-state index >= 15 is 0 Å². The molecule has 0 unspecified atom stereocenters. The number of nitrogens with zero attached hydrogens (tertiary/aromatic N) is 2. The van der Waals surface area contributed by atoms with E-state index in [0.717, 1.165) is 13.0 Å². The van der Waals surface area contributed by atoms with E-state index in [-0.39, 0.29) is 13.0 Å². The fourth-order valence-corrected chi connectivity index (χ4v) is 1.37. The number of amides is 2. The van der Waals surface area contributed by atoms with Crippen LogP contribution in [0.3, 0.4) is 0 Å². The van der Waals surface area contributed by atoms with Crippen molar-refractivity contribution < 1.29 is 19.8 Å². The van der Waals surface area contributed by atoms with Gasteiger partial charge in [-0.15, -0.1) is 0 Å². The Morgan fingerprint density at radius 2 is 1.83 bits per heavy atom. The maximum atomic E-state index is 11.7. The molecule has 2 amide bonds. The van der Waals surface area contributed by atoms with Gasteiger partial charge in [0.1, 0.15) is 6.04 Å². The summed E-state index contributed by atoms with van der Waals surface area (Å²) in [6, 6.07) is -1.48. The van der Waals surface area contributed by atoms with Gasteiger partial charge in [-0.2, -0.15) is 0 Å². The molecule has 0 aliphatic carbocycles. The van der Waals surface area contributed by atoms with E-state index in [4.69, 9.17) is 10.2 Å². The van der Waals surface area contributed by atoms with Gasteiger partial charge in [0.05, 0.1) is 0 Å². The summed E-state index contributed by atoms with van der Waals surface area (Å²) in [7, 11) is 5.51. The van der Waals surface area contributed by atoms with Crippen LogP contribution in [0.1, 0.15) is 12.8 Å². The lowest BCUT2D eigenvalue weighted by Crippen LogP contribution is -2.47. The van der Waals surface area contributed by atoms with Gasteiger partial charge in [-0.25, -0.2) is 9.59 Å². The number of carboxylic acids is 1. The third-order valence-corrected chi connectivity index (χ3v) is 2.46. The van der Waals surface area contributed by atoms with Crippen LogP contribution < -0.4 is 5.32 Å². The summed E-state index contributed by atoms with van der Waals surface area (Å²) in [5, 5.41) is 19.9. The maximum absolute atomic E-state index is 11.7. The number of carbonyl (C=O) groups is 2. The molecule has 0 aromatic rings. The maximum Gasteiger partial charge on any atom is 0.326 e. The Hall–Kier alpha value is -1.34. The van der Waals surface area contributed by atoms with Crippen molar-refractivity contribution in [3.05, 3.63) is 0 Å². The van der Waals surface area contributed by atoms with Gasteiger partial charge in [-0.05, 0) is 27.1 Å². The summed E-state index contributed by atoms with van der Waals surface area (Å²) in [6.45, 7) is 1.13. The smallest absolute Gasteiger partial charge is 0.326 e. The van der Waals surface area contributed by atoms with Crippen LogP contribution in [0, 0.1) is 0 Å². The second-order valence-corrected chi connectivity index (χ2v) is 4.43. The molecule has 106 valence electrons. The van der Waals surface area contributed by atoms with Crippen molar-refractivity contribution in [2.24, 2.45) is 0 Å². The molecule has 3 N–H and O–H groups in total. The van der Waals surface area contributed by atoms with Crippen molar-refractivity contribution in [1.82, 2.24) is 15.1 Å². The number of aliphatic hydroxyl groups is 1. The van der Waals surface area contributed by atoms with Crippen molar-refractivity contribution >= 4 is 12.0 Å². The predicted octanol–water partition coefficient (Wildman–Crippen LogP) is -0.585. The highest BCUT2D eigenvalue weighted by Crippen LogP contribution is 1.95. The lowest BCUT2D eigenvalue weighted by Gasteiger charge is -2.21. The molecule has 7 heteroatoms. The third-order valence-electron chi connectivity index (χ3n) is 2.46. The Labute approximate surface area is 107 Å². The van der Waals surface area contributed by atoms with Gasteiger partial charge < -0.3 is 25.3 Å². The molecule has 0 aliphatic rings. The number of hydrogen-bond acceptors (Lipinski definition) is 4. The first-order valence-electron chi connectivity index (χ1n) is 5.88. The second-order valence-electron chi connectivity index (χ2n) is 4.43. The number of aliphatic carboxylic acids is 1. The molecule has 0 saturated carbocycles. The molecular formula is C11H23N3O4. The second kappa shape index (κ2) is 8.71. The average Bonchev–Trinajstić information content (AvgIpc) is 2.27. The average molecular weight is 261 g/mol. The summed E-state index contributed by atoms with van der Waals surface area (Å²) >= 11 is 0. The van der Waals surface area contributed by atoms with E-state index in [0.29, 0.717) is 6.54 Å². The van der Waals surface area contributed by atoms with Crippen LogP contribution in [0.25, 0.3) is 0 Å². The molecule has 0 aromatic heterocycles. The molecule has 0 saturated heterocycles. The minimum absolute atomic E-state index is 0.00656. The first-order valence-corrected chi connectivity index (χ1v) is 5.88. The molecule has 0 spiro atoms. The Bertz CT molecular complexity index is 271. The van der Waals surface area contributed by atoms with E-state index < -0.39 is 18.0 Å². The zero-order chi connectivity index (χ0) is 14.1. The number of carbonyl (C=O) groups excluding carboxylic acids is 1. The number of nitrogens with one attached hydrogen (secondary N) is 1. The summed E-state index contributed by atoms with van der Waals surface area (Å²) in [4.78, 5) is 25.9. The van der Waals surface area contributed by atoms with Crippen molar-refractivity contribution in [2.45, 2.75) is 18.9 Å². The van der Waals surface area contributed by atoms with E-state index in [2.05, 4.69) is 5.32 Å². The first kappa shape index (κ1) is 16.7. The van der Waals surface area contributed by atoms with Gasteiger partial charge >= 0.3 is 12.0 Å². The molecule has 1 atom stereocenters. The molecule has 0 aliphatic heterocycles. The fourth-order valence-electron chi connectivity index (χ4n) is 1.37. The lowest BCUT2D eigenvalue weighted by atomic mass is 10.2. The van der Waals surface area contributed by atoms with E-state index in [1.54, 1.807) is 7.05 Å². The topological polar surface area (TPSA) is 93.1 Å². The standard InChI is InChI=1S/C11H23N3O4/c1-13(2)6-4-7-14(3)11(18)12-9(5-8-15)10(16)17/h9,15H,4-8H2,1-3H3,(H,12,18)(H,16,17)/t9-/m0/s1. The van der Waals surface area contributed by atoms with Crippen molar-refractivity contribution in [3.63, 3.8) is 0 Å². The van der Waals surface area contributed by atoms with Gasteiger partial charge in [-0.3, -0.25) is 0 Å². The van der Waals surface area contributed by atoms with Gasteiger partial charge in [0.15, 0.2) is 0 Å². The Balaban J connectivity index is 4.08. The minimum Gasteiger partial charge on any atom is -0.480 e. The van der Waals surface area contributed by atoms with Crippen LogP contribution in [-0.2, 0) is 4.79 Å². The fraction of sp³-hybridized carbons (Fsp3) is 0.818. The zero-order valence-electron chi connectivity index (χ0n) is 11.2. The molecule has 18 heavy (non-hydrogen) atoms. The lowest BCUT2D eigenvalue weighted by molar-refractivity contribution is -0.139. The summed E-state index contributed by atoms with van der Waals surface area (Å²) in [5.74, 6) is -1.14. The van der Waals surface area contributed by atoms with Crippen LogP contribution in [0.15, 0.2) is 0 Å². The molecule has 0 fully saturated rings. The van der Waals surface area contributed by atoms with Crippen LogP contribution in [0.4, 0.5) is 4.79 Å². The van der Waals surface area contributed by atoms with Gasteiger partial charge in [0, 0.05) is 26.6 Å². The summed E-state index contributed by atoms with van der Waals surface area (Å²) in [5.41, 5.74) is 0. The minimum atomic E-state index is -1.14. The summed E-state index contributed by atoms with van der Waals surface area (Å²) < 4.78 is 0. The Kier molecular flexibility index (Phi) is 8.06. The molecule has 7 nitrogen and oxygen atoms in total. The third kappa shape index (κ3) is 7.08. The molecule has 0 rings (SSSR count). The number of aliphatic hydroxyl groups excluding tert-OH is 1. The number of rotatable bonds is 8. The van der Waals surface area contributed by atoms with Crippen molar-refractivity contribution in [1.29, 1.82) is 0 Å². The highest BCUT2D eigenvalue weighted by molar-refractivity contribution is 5.82. The number of hydrogen-bond donors (Lipinski definition) is 3. The van der Waals surface area contributed by atoms with Gasteiger partial charge in [0.25, 0.3) is 0 Å². The first-order chi connectivity index (χ1) is 8.38. The van der Waals surface area contributed by atoms with E-state index in [1.165, 1.54) is 4.90 Å². The van der Waals surface area contributed by atoms with Crippen molar-refractivity contribution in [2.75, 3.05) is 40.8 Å². The molecule has 0 heterocycles. The molecular weight excluding hydrogens is 238 g/mol. The Morgan fingerprint density at radius 3 is 2.28 bits per heavy atom. The largest absolute Gasteiger partial charge is 0.480 e. The zero-order valence-corrected chi connectivity index (χ0v) is 11.2.